The van der Waals surface area contributed by atoms with Crippen molar-refractivity contribution in [1.29, 1.82) is 0 Å². The Labute approximate surface area is 117 Å². The number of nitrogens with one attached hydrogen (secondary N) is 2. The first-order valence-electron chi connectivity index (χ1n) is 7.04. The van der Waals surface area contributed by atoms with Crippen molar-refractivity contribution in [2.24, 2.45) is 17.6 Å². The Kier molecular flexibility index (Phi) is 4.46. The fraction of sp³-hybridized carbons (Fsp3) is 0.769. The molecule has 3 amide bonds. The summed E-state index contributed by atoms with van der Waals surface area (Å²) in [5.74, 6) is -0.504. The van der Waals surface area contributed by atoms with Crippen LogP contribution < -0.4 is 16.4 Å². The monoisotopic (exact) mass is 283 g/mol. The summed E-state index contributed by atoms with van der Waals surface area (Å²) < 4.78 is 0. The first-order chi connectivity index (χ1) is 9.45. The van der Waals surface area contributed by atoms with E-state index in [1.807, 2.05) is 0 Å². The van der Waals surface area contributed by atoms with Gasteiger partial charge in [-0.2, -0.15) is 0 Å². The molecule has 2 rings (SSSR count). The van der Waals surface area contributed by atoms with E-state index in [0.717, 1.165) is 19.3 Å². The molecule has 0 radical (unpaired) electrons. The summed E-state index contributed by atoms with van der Waals surface area (Å²) >= 11 is 0. The highest BCUT2D eigenvalue weighted by molar-refractivity contribution is 5.83. The average molecular weight is 283 g/mol. The summed E-state index contributed by atoms with van der Waals surface area (Å²) in [6.07, 6.45) is 4.47. The SMILES string of the molecule is NC(=O)CCC(NC(=O)NC1CC2CCC1C2)C(=O)O. The van der Waals surface area contributed by atoms with Gasteiger partial charge in [-0.25, -0.2) is 9.59 Å². The smallest absolute Gasteiger partial charge is 0.326 e. The summed E-state index contributed by atoms with van der Waals surface area (Å²) in [6, 6.07) is -1.40. The molecule has 7 nitrogen and oxygen atoms in total. The van der Waals surface area contributed by atoms with Gasteiger partial charge in [-0.05, 0) is 37.5 Å². The molecule has 0 aromatic rings. The van der Waals surface area contributed by atoms with Crippen LogP contribution in [0.1, 0.15) is 38.5 Å². The molecule has 2 saturated carbocycles. The van der Waals surface area contributed by atoms with Crippen LogP contribution in [-0.4, -0.2) is 35.1 Å². The maximum atomic E-state index is 11.8. The van der Waals surface area contributed by atoms with Crippen LogP contribution in [0.25, 0.3) is 0 Å². The van der Waals surface area contributed by atoms with Crippen LogP contribution >= 0.6 is 0 Å². The Morgan fingerprint density at radius 1 is 1.25 bits per heavy atom. The first kappa shape index (κ1) is 14.6. The molecule has 2 fully saturated rings. The van der Waals surface area contributed by atoms with Crippen LogP contribution in [-0.2, 0) is 9.59 Å². The van der Waals surface area contributed by atoms with Crippen molar-refractivity contribution >= 4 is 17.9 Å². The van der Waals surface area contributed by atoms with Crippen LogP contribution in [0.5, 0.6) is 0 Å². The lowest BCUT2D eigenvalue weighted by atomic mass is 9.95. The maximum Gasteiger partial charge on any atom is 0.326 e. The first-order valence-corrected chi connectivity index (χ1v) is 7.04. The number of hydrogen-bond acceptors (Lipinski definition) is 3. The summed E-state index contributed by atoms with van der Waals surface area (Å²) in [5.41, 5.74) is 4.98. The van der Waals surface area contributed by atoms with E-state index in [-0.39, 0.29) is 18.9 Å². The van der Waals surface area contributed by atoms with E-state index >= 15 is 0 Å². The van der Waals surface area contributed by atoms with Gasteiger partial charge in [0.2, 0.25) is 5.91 Å². The number of hydrogen-bond donors (Lipinski definition) is 4. The third-order valence-corrected chi connectivity index (χ3v) is 4.34. The third-order valence-electron chi connectivity index (χ3n) is 4.34. The van der Waals surface area contributed by atoms with E-state index in [9.17, 15) is 14.4 Å². The molecule has 0 spiro atoms. The molecule has 2 aliphatic carbocycles. The number of aliphatic carboxylic acids is 1. The Morgan fingerprint density at radius 3 is 2.50 bits per heavy atom. The highest BCUT2D eigenvalue weighted by Gasteiger charge is 2.40. The third kappa shape index (κ3) is 3.61. The van der Waals surface area contributed by atoms with Gasteiger partial charge in [0.1, 0.15) is 6.04 Å². The summed E-state index contributed by atoms with van der Waals surface area (Å²) in [7, 11) is 0. The fourth-order valence-corrected chi connectivity index (χ4v) is 3.33. The molecular formula is C13H21N3O4. The lowest BCUT2D eigenvalue weighted by molar-refractivity contribution is -0.139. The van der Waals surface area contributed by atoms with E-state index in [1.165, 1.54) is 6.42 Å². The fourth-order valence-electron chi connectivity index (χ4n) is 3.33. The van der Waals surface area contributed by atoms with Crippen LogP contribution in [0.3, 0.4) is 0 Å². The minimum Gasteiger partial charge on any atom is -0.480 e. The van der Waals surface area contributed by atoms with Crippen LogP contribution in [0, 0.1) is 11.8 Å². The lowest BCUT2D eigenvalue weighted by Gasteiger charge is -2.24. The molecule has 112 valence electrons. The van der Waals surface area contributed by atoms with Crippen LogP contribution in [0.15, 0.2) is 0 Å². The van der Waals surface area contributed by atoms with Gasteiger partial charge in [0.15, 0.2) is 0 Å². The average Bonchev–Trinajstić information content (AvgIpc) is 2.95. The number of nitrogens with two attached hydrogens (primary N) is 1. The number of carbonyl (C=O) groups is 3. The Balaban J connectivity index is 1.79. The molecule has 0 saturated heterocycles. The number of carbonyl (C=O) groups excluding carboxylic acids is 2. The number of carboxylic acid groups (broad SMARTS) is 1. The number of rotatable bonds is 6. The Hall–Kier alpha value is -1.79. The highest BCUT2D eigenvalue weighted by Crippen LogP contribution is 2.44. The molecule has 0 heterocycles. The van der Waals surface area contributed by atoms with Crippen molar-refractivity contribution in [3.8, 4) is 0 Å². The topological polar surface area (TPSA) is 122 Å². The van der Waals surface area contributed by atoms with E-state index in [1.54, 1.807) is 0 Å². The molecular weight excluding hydrogens is 262 g/mol. The Morgan fingerprint density at radius 2 is 2.00 bits per heavy atom. The van der Waals surface area contributed by atoms with Crippen LogP contribution in [0.2, 0.25) is 0 Å². The number of carboxylic acids is 1. The molecule has 0 aromatic carbocycles. The summed E-state index contributed by atoms with van der Waals surface area (Å²) in [6.45, 7) is 0. The zero-order valence-corrected chi connectivity index (χ0v) is 11.3. The zero-order valence-electron chi connectivity index (χ0n) is 11.3. The zero-order chi connectivity index (χ0) is 14.7. The molecule has 5 N–H and O–H groups in total. The normalized spacial score (nSPS) is 28.9. The summed E-state index contributed by atoms with van der Waals surface area (Å²) in [4.78, 5) is 33.5. The van der Waals surface area contributed by atoms with Gasteiger partial charge >= 0.3 is 12.0 Å². The lowest BCUT2D eigenvalue weighted by Crippen LogP contribution is -2.50. The van der Waals surface area contributed by atoms with E-state index in [2.05, 4.69) is 10.6 Å². The minimum absolute atomic E-state index is 0.00874. The van der Waals surface area contributed by atoms with Gasteiger partial charge in [0, 0.05) is 12.5 Å². The molecule has 0 aliphatic heterocycles. The molecule has 20 heavy (non-hydrogen) atoms. The number of amides is 3. The maximum absolute atomic E-state index is 11.8. The number of urea groups is 1. The van der Waals surface area contributed by atoms with E-state index in [4.69, 9.17) is 10.8 Å². The van der Waals surface area contributed by atoms with E-state index < -0.39 is 23.9 Å². The Bertz CT molecular complexity index is 412. The minimum atomic E-state index is -1.16. The van der Waals surface area contributed by atoms with Gasteiger partial charge in [-0.1, -0.05) is 6.42 Å². The molecule has 2 bridgehead atoms. The van der Waals surface area contributed by atoms with Gasteiger partial charge in [-0.3, -0.25) is 4.79 Å². The molecule has 4 atom stereocenters. The standard InChI is InChI=1S/C13H21N3O4/c14-11(17)4-3-9(12(18)19)15-13(20)16-10-6-7-1-2-8(10)5-7/h7-10H,1-6H2,(H2,14,17)(H,18,19)(H2,15,16,20). The van der Waals surface area contributed by atoms with Gasteiger partial charge in [0.25, 0.3) is 0 Å². The molecule has 7 heteroatoms. The molecule has 4 unspecified atom stereocenters. The summed E-state index contributed by atoms with van der Waals surface area (Å²) in [5, 5.41) is 14.3. The van der Waals surface area contributed by atoms with Crippen molar-refractivity contribution in [2.75, 3.05) is 0 Å². The second kappa shape index (κ2) is 6.11. The predicted octanol–water partition coefficient (Wildman–Crippen LogP) is 0.193. The number of primary amides is 1. The molecule has 0 aromatic heterocycles. The van der Waals surface area contributed by atoms with Crippen LogP contribution in [0.4, 0.5) is 4.79 Å². The highest BCUT2D eigenvalue weighted by atomic mass is 16.4. The van der Waals surface area contributed by atoms with Gasteiger partial charge < -0.3 is 21.5 Å². The largest absolute Gasteiger partial charge is 0.480 e. The van der Waals surface area contributed by atoms with E-state index in [0.29, 0.717) is 11.8 Å². The second-order valence-corrected chi connectivity index (χ2v) is 5.79. The quantitative estimate of drug-likeness (QED) is 0.556. The second-order valence-electron chi connectivity index (χ2n) is 5.79. The number of fused-ring (bicyclic) bond motifs is 2. The van der Waals surface area contributed by atoms with Crippen molar-refractivity contribution in [3.63, 3.8) is 0 Å². The van der Waals surface area contributed by atoms with Crippen molar-refractivity contribution in [1.82, 2.24) is 10.6 Å². The molecule has 2 aliphatic rings. The van der Waals surface area contributed by atoms with Crippen molar-refractivity contribution < 1.29 is 19.5 Å². The van der Waals surface area contributed by atoms with Gasteiger partial charge in [0.05, 0.1) is 0 Å². The van der Waals surface area contributed by atoms with Crippen molar-refractivity contribution in [2.45, 2.75) is 50.6 Å². The van der Waals surface area contributed by atoms with Gasteiger partial charge in [-0.15, -0.1) is 0 Å². The predicted molar refractivity (Wildman–Crippen MR) is 70.8 cm³/mol. The van der Waals surface area contributed by atoms with Crippen molar-refractivity contribution in [3.05, 3.63) is 0 Å².